The van der Waals surface area contributed by atoms with E-state index in [1.807, 2.05) is 61.2 Å². The molecule has 0 radical (unpaired) electrons. The number of anilines is 2. The van der Waals surface area contributed by atoms with E-state index in [0.29, 0.717) is 34.1 Å². The van der Waals surface area contributed by atoms with Crippen LogP contribution in [0.5, 0.6) is 17.2 Å². The zero-order chi connectivity index (χ0) is 32.3. The number of allylic oxidation sites excluding steroid dienone is 1. The standard InChI is InChI=1S/C38H34N2O6/c1-21-15-16-28-25(17-21)22(2)18-31-38(26-13-9-10-14-27(26)39-37(38)43)32(33(40(28)31)35(42)23-11-7-6-8-12-23)34(41)24-19-29(44-3)36(46-5)30(20-24)45-4/h6-20,31-33H,1-5H3,(H,39,43). The molecule has 8 heteroatoms. The summed E-state index contributed by atoms with van der Waals surface area (Å²) >= 11 is 0. The van der Waals surface area contributed by atoms with Crippen molar-refractivity contribution in [2.45, 2.75) is 31.3 Å². The van der Waals surface area contributed by atoms with Crippen molar-refractivity contribution in [2.24, 2.45) is 5.92 Å². The summed E-state index contributed by atoms with van der Waals surface area (Å²) in [6.07, 6.45) is 2.05. The van der Waals surface area contributed by atoms with Gasteiger partial charge in [0.1, 0.15) is 11.5 Å². The quantitative estimate of drug-likeness (QED) is 0.245. The smallest absolute Gasteiger partial charge is 0.238 e. The van der Waals surface area contributed by atoms with Crippen molar-refractivity contribution in [2.75, 3.05) is 31.5 Å². The summed E-state index contributed by atoms with van der Waals surface area (Å²) in [6.45, 7) is 4.04. The number of nitrogens with one attached hydrogen (secondary N) is 1. The summed E-state index contributed by atoms with van der Waals surface area (Å²) in [5.74, 6) is -1.14. The molecule has 3 aliphatic heterocycles. The van der Waals surface area contributed by atoms with E-state index in [9.17, 15) is 9.59 Å². The summed E-state index contributed by atoms with van der Waals surface area (Å²) < 4.78 is 16.8. The Balaban J connectivity index is 1.56. The number of aryl methyl sites for hydroxylation is 1. The van der Waals surface area contributed by atoms with Gasteiger partial charge in [-0.3, -0.25) is 14.4 Å². The zero-order valence-electron chi connectivity index (χ0n) is 26.3. The molecule has 0 aliphatic carbocycles. The summed E-state index contributed by atoms with van der Waals surface area (Å²) in [5, 5.41) is 3.08. The number of fused-ring (bicyclic) bond motifs is 6. The molecular formula is C38H34N2O6. The molecule has 1 saturated heterocycles. The second kappa shape index (κ2) is 10.9. The lowest BCUT2D eigenvalue weighted by Gasteiger charge is -2.39. The average Bonchev–Trinajstić information content (AvgIpc) is 3.55. The monoisotopic (exact) mass is 614 g/mol. The van der Waals surface area contributed by atoms with Gasteiger partial charge in [-0.2, -0.15) is 0 Å². The van der Waals surface area contributed by atoms with Gasteiger partial charge in [0, 0.05) is 28.1 Å². The first-order valence-corrected chi connectivity index (χ1v) is 15.2. The van der Waals surface area contributed by atoms with Gasteiger partial charge in [0.15, 0.2) is 23.1 Å². The number of hydrogen-bond acceptors (Lipinski definition) is 7. The van der Waals surface area contributed by atoms with Crippen LogP contribution in [0.25, 0.3) is 5.57 Å². The van der Waals surface area contributed by atoms with Crippen LogP contribution in [0.4, 0.5) is 11.4 Å². The first-order chi connectivity index (χ1) is 22.3. The maximum atomic E-state index is 15.3. The Morgan fingerprint density at radius 2 is 1.46 bits per heavy atom. The largest absolute Gasteiger partial charge is 0.493 e. The van der Waals surface area contributed by atoms with Crippen LogP contribution in [-0.2, 0) is 10.2 Å². The molecule has 3 heterocycles. The fourth-order valence-electron chi connectivity index (χ4n) is 7.72. The Morgan fingerprint density at radius 1 is 0.783 bits per heavy atom. The molecule has 4 aromatic carbocycles. The molecular weight excluding hydrogens is 580 g/mol. The number of amides is 1. The number of ketones is 2. The maximum Gasteiger partial charge on any atom is 0.238 e. The number of ether oxygens (including phenoxy) is 3. The molecule has 0 saturated carbocycles. The number of nitrogens with zero attached hydrogens (tertiary/aromatic N) is 1. The van der Waals surface area contributed by atoms with Crippen molar-refractivity contribution in [1.29, 1.82) is 0 Å². The van der Waals surface area contributed by atoms with Crippen molar-refractivity contribution in [3.05, 3.63) is 119 Å². The van der Waals surface area contributed by atoms with Crippen molar-refractivity contribution in [3.63, 3.8) is 0 Å². The minimum absolute atomic E-state index is 0.242. The van der Waals surface area contributed by atoms with Gasteiger partial charge >= 0.3 is 0 Å². The predicted octanol–water partition coefficient (Wildman–Crippen LogP) is 6.27. The molecule has 1 spiro atoms. The summed E-state index contributed by atoms with van der Waals surface area (Å²) in [6, 6.07) is 24.0. The topological polar surface area (TPSA) is 94.2 Å². The number of methoxy groups -OCH3 is 3. The van der Waals surface area contributed by atoms with Gasteiger partial charge in [-0.25, -0.2) is 0 Å². The Kier molecular flexibility index (Phi) is 6.96. The molecule has 4 atom stereocenters. The Bertz CT molecular complexity index is 1930. The van der Waals surface area contributed by atoms with Gasteiger partial charge in [-0.05, 0) is 55.3 Å². The molecule has 0 aromatic heterocycles. The van der Waals surface area contributed by atoms with Crippen LogP contribution in [0.3, 0.4) is 0 Å². The highest BCUT2D eigenvalue weighted by molar-refractivity contribution is 6.18. The molecule has 1 N–H and O–H groups in total. The van der Waals surface area contributed by atoms with Gasteiger partial charge in [-0.15, -0.1) is 0 Å². The van der Waals surface area contributed by atoms with E-state index in [4.69, 9.17) is 14.2 Å². The Hall–Kier alpha value is -5.37. The summed E-state index contributed by atoms with van der Waals surface area (Å²) in [4.78, 5) is 46.9. The number of hydrogen-bond donors (Lipinski definition) is 1. The molecule has 3 aliphatic rings. The van der Waals surface area contributed by atoms with Crippen molar-refractivity contribution in [3.8, 4) is 17.2 Å². The number of carbonyl (C=O) groups excluding carboxylic acids is 3. The van der Waals surface area contributed by atoms with Crippen LogP contribution >= 0.6 is 0 Å². The van der Waals surface area contributed by atoms with Crippen LogP contribution in [0, 0.1) is 12.8 Å². The van der Waals surface area contributed by atoms with Crippen molar-refractivity contribution in [1.82, 2.24) is 0 Å². The number of Topliss-reactive ketones (excluding diaryl/α,β-unsaturated/α-hetero) is 2. The van der Waals surface area contributed by atoms with E-state index in [-0.39, 0.29) is 23.0 Å². The third-order valence-corrected chi connectivity index (χ3v) is 9.69. The second-order valence-electron chi connectivity index (χ2n) is 12.0. The van der Waals surface area contributed by atoms with E-state index in [1.165, 1.54) is 21.3 Å². The zero-order valence-corrected chi connectivity index (χ0v) is 26.3. The SMILES string of the molecule is COc1cc(C(=O)C2C(C(=O)c3ccccc3)N3c4ccc(C)cc4C(C)=CC3C23C(=O)Nc2ccccc23)cc(OC)c1OC. The second-order valence-corrected chi connectivity index (χ2v) is 12.0. The average molecular weight is 615 g/mol. The molecule has 4 aromatic rings. The molecule has 0 bridgehead atoms. The van der Waals surface area contributed by atoms with Gasteiger partial charge in [0.05, 0.1) is 33.3 Å². The minimum atomic E-state index is -1.44. The Morgan fingerprint density at radius 3 is 2.13 bits per heavy atom. The lowest BCUT2D eigenvalue weighted by atomic mass is 9.64. The molecule has 1 fully saturated rings. The molecule has 1 amide bonds. The summed E-state index contributed by atoms with van der Waals surface area (Å²) in [5.41, 5.74) is 4.39. The third-order valence-electron chi connectivity index (χ3n) is 9.69. The molecule has 46 heavy (non-hydrogen) atoms. The first kappa shape index (κ1) is 29.3. The highest BCUT2D eigenvalue weighted by atomic mass is 16.5. The highest BCUT2D eigenvalue weighted by Crippen LogP contribution is 2.59. The van der Waals surface area contributed by atoms with E-state index < -0.39 is 23.4 Å². The molecule has 4 unspecified atom stereocenters. The van der Waals surface area contributed by atoms with Crippen LogP contribution < -0.4 is 24.4 Å². The molecule has 232 valence electrons. The summed E-state index contributed by atoms with van der Waals surface area (Å²) in [7, 11) is 4.46. The normalized spacial score (nSPS) is 22.4. The minimum Gasteiger partial charge on any atom is -0.493 e. The Labute approximate surface area is 267 Å². The highest BCUT2D eigenvalue weighted by Gasteiger charge is 2.70. The molecule has 7 rings (SSSR count). The maximum absolute atomic E-state index is 15.3. The lowest BCUT2D eigenvalue weighted by molar-refractivity contribution is -0.121. The van der Waals surface area contributed by atoms with Crippen molar-refractivity contribution < 1.29 is 28.6 Å². The number of para-hydroxylation sites is 1. The van der Waals surface area contributed by atoms with E-state index in [2.05, 4.69) is 17.5 Å². The van der Waals surface area contributed by atoms with Gasteiger partial charge in [0.25, 0.3) is 0 Å². The number of carbonyl (C=O) groups is 3. The lowest BCUT2D eigenvalue weighted by Crippen LogP contribution is -2.51. The van der Waals surface area contributed by atoms with Gasteiger partial charge < -0.3 is 24.4 Å². The van der Waals surface area contributed by atoms with Crippen LogP contribution in [0.2, 0.25) is 0 Å². The predicted molar refractivity (Wildman–Crippen MR) is 176 cm³/mol. The number of rotatable bonds is 7. The van der Waals surface area contributed by atoms with Crippen LogP contribution in [0.1, 0.15) is 44.3 Å². The first-order valence-electron chi connectivity index (χ1n) is 15.2. The van der Waals surface area contributed by atoms with Gasteiger partial charge in [0.2, 0.25) is 11.7 Å². The van der Waals surface area contributed by atoms with E-state index in [0.717, 1.165) is 22.4 Å². The number of benzene rings is 4. The fraction of sp³-hybridized carbons (Fsp3) is 0.237. The van der Waals surface area contributed by atoms with E-state index in [1.54, 1.807) is 36.4 Å². The van der Waals surface area contributed by atoms with Crippen LogP contribution in [-0.4, -0.2) is 50.9 Å². The van der Waals surface area contributed by atoms with Crippen molar-refractivity contribution >= 4 is 34.4 Å². The van der Waals surface area contributed by atoms with E-state index >= 15 is 4.79 Å². The molecule has 8 nitrogen and oxygen atoms in total. The van der Waals surface area contributed by atoms with Gasteiger partial charge in [-0.1, -0.05) is 66.2 Å². The third kappa shape index (κ3) is 4.02. The fourth-order valence-corrected chi connectivity index (χ4v) is 7.72. The van der Waals surface area contributed by atoms with Crippen LogP contribution in [0.15, 0.2) is 91.0 Å².